The van der Waals surface area contributed by atoms with Crippen molar-refractivity contribution in [1.82, 2.24) is 14.7 Å². The number of methoxy groups -OCH3 is 2. The Balaban J connectivity index is 1.50. The first-order chi connectivity index (χ1) is 14.2. The summed E-state index contributed by atoms with van der Waals surface area (Å²) in [6.07, 6.45) is 6.10. The van der Waals surface area contributed by atoms with Crippen LogP contribution in [0.3, 0.4) is 0 Å². The van der Waals surface area contributed by atoms with Crippen LogP contribution >= 0.6 is 0 Å². The molecule has 0 N–H and O–H groups in total. The SMILES string of the molecule is COc1ccc(OC)c(CN(C(=O)Cc2cnn(-c3ccccc3)c2)C2CC2)c1. The number of carbonyl (C=O) groups excluding carboxylic acids is 1. The molecular weight excluding hydrogens is 366 g/mol. The molecule has 1 fully saturated rings. The van der Waals surface area contributed by atoms with Crippen molar-refractivity contribution in [3.63, 3.8) is 0 Å². The van der Waals surface area contributed by atoms with E-state index in [2.05, 4.69) is 5.10 Å². The average molecular weight is 391 g/mol. The molecule has 1 heterocycles. The molecule has 0 aliphatic heterocycles. The molecule has 1 aromatic heterocycles. The van der Waals surface area contributed by atoms with Crippen molar-refractivity contribution in [2.45, 2.75) is 31.8 Å². The molecule has 3 aromatic rings. The largest absolute Gasteiger partial charge is 0.497 e. The van der Waals surface area contributed by atoms with Crippen molar-refractivity contribution < 1.29 is 14.3 Å². The molecule has 0 radical (unpaired) electrons. The van der Waals surface area contributed by atoms with Crippen LogP contribution in [-0.4, -0.2) is 40.8 Å². The van der Waals surface area contributed by atoms with Crippen molar-refractivity contribution >= 4 is 5.91 Å². The van der Waals surface area contributed by atoms with Gasteiger partial charge in [-0.05, 0) is 48.7 Å². The van der Waals surface area contributed by atoms with Gasteiger partial charge in [0.1, 0.15) is 11.5 Å². The summed E-state index contributed by atoms with van der Waals surface area (Å²) in [5.41, 5.74) is 2.83. The van der Waals surface area contributed by atoms with Crippen molar-refractivity contribution in [2.75, 3.05) is 14.2 Å². The van der Waals surface area contributed by atoms with E-state index in [4.69, 9.17) is 9.47 Å². The molecule has 29 heavy (non-hydrogen) atoms. The van der Waals surface area contributed by atoms with Gasteiger partial charge in [-0.1, -0.05) is 18.2 Å². The Hall–Kier alpha value is -3.28. The van der Waals surface area contributed by atoms with Crippen LogP contribution in [0.15, 0.2) is 60.9 Å². The minimum atomic E-state index is 0.102. The second kappa shape index (κ2) is 8.39. The zero-order valence-electron chi connectivity index (χ0n) is 16.7. The minimum Gasteiger partial charge on any atom is -0.497 e. The lowest BCUT2D eigenvalue weighted by molar-refractivity contribution is -0.131. The Bertz CT molecular complexity index is 980. The van der Waals surface area contributed by atoms with Gasteiger partial charge in [0.2, 0.25) is 5.91 Å². The molecule has 1 aliphatic rings. The van der Waals surface area contributed by atoms with Crippen molar-refractivity contribution in [1.29, 1.82) is 0 Å². The van der Waals surface area contributed by atoms with Crippen LogP contribution in [0.2, 0.25) is 0 Å². The molecule has 6 heteroatoms. The molecule has 2 aromatic carbocycles. The molecular formula is C23H25N3O3. The number of hydrogen-bond donors (Lipinski definition) is 0. The maximum atomic E-state index is 13.1. The van der Waals surface area contributed by atoms with Gasteiger partial charge in [-0.3, -0.25) is 4.79 Å². The Labute approximate surface area is 170 Å². The van der Waals surface area contributed by atoms with Gasteiger partial charge in [0.05, 0.1) is 32.5 Å². The third-order valence-electron chi connectivity index (χ3n) is 5.15. The van der Waals surface area contributed by atoms with Gasteiger partial charge in [-0.15, -0.1) is 0 Å². The highest BCUT2D eigenvalue weighted by molar-refractivity contribution is 5.79. The van der Waals surface area contributed by atoms with E-state index in [0.29, 0.717) is 19.0 Å². The van der Waals surface area contributed by atoms with Crippen molar-refractivity contribution in [2.24, 2.45) is 0 Å². The number of aromatic nitrogens is 2. The van der Waals surface area contributed by atoms with Gasteiger partial charge < -0.3 is 14.4 Å². The number of carbonyl (C=O) groups is 1. The molecule has 1 saturated carbocycles. The summed E-state index contributed by atoms with van der Waals surface area (Å²) in [5.74, 6) is 1.62. The average Bonchev–Trinajstić information content (AvgIpc) is 3.50. The third-order valence-corrected chi connectivity index (χ3v) is 5.15. The normalized spacial score (nSPS) is 13.2. The number of rotatable bonds is 8. The number of benzene rings is 2. The summed E-state index contributed by atoms with van der Waals surface area (Å²) < 4.78 is 12.6. The van der Waals surface area contributed by atoms with E-state index in [0.717, 1.165) is 41.2 Å². The Morgan fingerprint density at radius 1 is 1.14 bits per heavy atom. The fourth-order valence-corrected chi connectivity index (χ4v) is 3.45. The van der Waals surface area contributed by atoms with Crippen LogP contribution < -0.4 is 9.47 Å². The summed E-state index contributed by atoms with van der Waals surface area (Å²) in [7, 11) is 3.28. The van der Waals surface area contributed by atoms with Crippen LogP contribution in [0, 0.1) is 0 Å². The molecule has 1 amide bonds. The number of ether oxygens (including phenoxy) is 2. The summed E-state index contributed by atoms with van der Waals surface area (Å²) in [6.45, 7) is 0.511. The standard InChI is InChI=1S/C23H25N3O3/c1-28-21-10-11-22(29-2)18(13-21)16-25(19-8-9-19)23(27)12-17-14-24-26(15-17)20-6-4-3-5-7-20/h3-7,10-11,13-15,19H,8-9,12,16H2,1-2H3. The molecule has 0 bridgehead atoms. The van der Waals surface area contributed by atoms with Gasteiger partial charge in [0.25, 0.3) is 0 Å². The van der Waals surface area contributed by atoms with E-state index in [1.54, 1.807) is 25.1 Å². The van der Waals surface area contributed by atoms with E-state index >= 15 is 0 Å². The maximum Gasteiger partial charge on any atom is 0.227 e. The predicted octanol–water partition coefficient (Wildman–Crippen LogP) is 3.62. The molecule has 150 valence electrons. The number of nitrogens with zero attached hydrogens (tertiary/aromatic N) is 3. The van der Waals surface area contributed by atoms with E-state index in [-0.39, 0.29) is 5.91 Å². The van der Waals surface area contributed by atoms with Crippen LogP contribution in [0.4, 0.5) is 0 Å². The monoisotopic (exact) mass is 391 g/mol. The zero-order chi connectivity index (χ0) is 20.2. The predicted molar refractivity (Wildman–Crippen MR) is 110 cm³/mol. The summed E-state index contributed by atoms with van der Waals surface area (Å²) >= 11 is 0. The first-order valence-corrected chi connectivity index (χ1v) is 9.77. The van der Waals surface area contributed by atoms with E-state index in [1.165, 1.54) is 0 Å². The fourth-order valence-electron chi connectivity index (χ4n) is 3.45. The van der Waals surface area contributed by atoms with E-state index in [9.17, 15) is 4.79 Å². The topological polar surface area (TPSA) is 56.6 Å². The molecule has 1 aliphatic carbocycles. The number of hydrogen-bond acceptors (Lipinski definition) is 4. The molecule has 0 saturated heterocycles. The molecule has 0 atom stereocenters. The van der Waals surface area contributed by atoms with Gasteiger partial charge in [0, 0.05) is 24.3 Å². The second-order valence-electron chi connectivity index (χ2n) is 7.24. The third kappa shape index (κ3) is 4.42. The minimum absolute atomic E-state index is 0.102. The summed E-state index contributed by atoms with van der Waals surface area (Å²) in [5, 5.41) is 4.40. The summed E-state index contributed by atoms with van der Waals surface area (Å²) in [4.78, 5) is 15.1. The lowest BCUT2D eigenvalue weighted by Crippen LogP contribution is -2.33. The van der Waals surface area contributed by atoms with Crippen LogP contribution in [-0.2, 0) is 17.8 Å². The van der Waals surface area contributed by atoms with Gasteiger partial charge in [-0.2, -0.15) is 5.10 Å². The molecule has 6 nitrogen and oxygen atoms in total. The van der Waals surface area contributed by atoms with Gasteiger partial charge in [-0.25, -0.2) is 4.68 Å². The van der Waals surface area contributed by atoms with Gasteiger partial charge >= 0.3 is 0 Å². The van der Waals surface area contributed by atoms with Crippen LogP contribution in [0.5, 0.6) is 11.5 Å². The Kier molecular flexibility index (Phi) is 5.51. The van der Waals surface area contributed by atoms with Gasteiger partial charge in [0.15, 0.2) is 0 Å². The molecule has 0 spiro atoms. The van der Waals surface area contributed by atoms with Crippen molar-refractivity contribution in [3.05, 3.63) is 72.1 Å². The quantitative estimate of drug-likeness (QED) is 0.588. The second-order valence-corrected chi connectivity index (χ2v) is 7.24. The smallest absolute Gasteiger partial charge is 0.227 e. The molecule has 0 unspecified atom stereocenters. The highest BCUT2D eigenvalue weighted by Crippen LogP contribution is 2.32. The summed E-state index contributed by atoms with van der Waals surface area (Å²) in [6, 6.07) is 15.9. The zero-order valence-corrected chi connectivity index (χ0v) is 16.7. The first kappa shape index (κ1) is 19.1. The highest BCUT2D eigenvalue weighted by Gasteiger charge is 2.33. The Morgan fingerprint density at radius 3 is 2.62 bits per heavy atom. The molecule has 4 rings (SSSR count). The fraction of sp³-hybridized carbons (Fsp3) is 0.304. The number of para-hydroxylation sites is 1. The number of amides is 1. The Morgan fingerprint density at radius 2 is 1.93 bits per heavy atom. The lowest BCUT2D eigenvalue weighted by Gasteiger charge is -2.23. The first-order valence-electron chi connectivity index (χ1n) is 9.77. The van der Waals surface area contributed by atoms with Crippen molar-refractivity contribution in [3.8, 4) is 17.2 Å². The van der Waals surface area contributed by atoms with Crippen LogP contribution in [0.1, 0.15) is 24.0 Å². The lowest BCUT2D eigenvalue weighted by atomic mass is 10.1. The van der Waals surface area contributed by atoms with E-state index < -0.39 is 0 Å². The van der Waals surface area contributed by atoms with E-state index in [1.807, 2.05) is 59.6 Å². The maximum absolute atomic E-state index is 13.1. The highest BCUT2D eigenvalue weighted by atomic mass is 16.5. The van der Waals surface area contributed by atoms with Crippen LogP contribution in [0.25, 0.3) is 5.69 Å².